The molecule has 0 aromatic carbocycles. The molecule has 16 heavy (non-hydrogen) atoms. The quantitative estimate of drug-likeness (QED) is 0.718. The third-order valence-electron chi connectivity index (χ3n) is 3.95. The Hall–Kier alpha value is -0.160. The molecule has 4 nitrogen and oxygen atoms in total. The molecule has 0 aromatic heterocycles. The molecule has 2 atom stereocenters. The summed E-state index contributed by atoms with van der Waals surface area (Å²) in [6.07, 6.45) is 3.19. The lowest BCUT2D eigenvalue weighted by Crippen LogP contribution is -2.34. The van der Waals surface area contributed by atoms with Gasteiger partial charge in [-0.15, -0.1) is 0 Å². The Morgan fingerprint density at radius 2 is 2.06 bits per heavy atom. The third-order valence-corrected chi connectivity index (χ3v) is 3.95. The maximum atomic E-state index is 5.88. The van der Waals surface area contributed by atoms with Gasteiger partial charge in [0, 0.05) is 19.0 Å². The Morgan fingerprint density at radius 1 is 1.38 bits per heavy atom. The van der Waals surface area contributed by atoms with Crippen LogP contribution in [0.4, 0.5) is 0 Å². The van der Waals surface area contributed by atoms with E-state index in [1.165, 1.54) is 13.0 Å². The summed E-state index contributed by atoms with van der Waals surface area (Å²) < 4.78 is 17.2. The number of hydrogen-bond acceptors (Lipinski definition) is 4. The summed E-state index contributed by atoms with van der Waals surface area (Å²) in [5.74, 6) is 0.0227. The summed E-state index contributed by atoms with van der Waals surface area (Å²) >= 11 is 0. The molecule has 3 aliphatic rings. The summed E-state index contributed by atoms with van der Waals surface area (Å²) in [6, 6.07) is 0.718. The lowest BCUT2D eigenvalue weighted by atomic mass is 9.96. The van der Waals surface area contributed by atoms with Gasteiger partial charge in [-0.25, -0.2) is 0 Å². The van der Waals surface area contributed by atoms with Crippen molar-refractivity contribution >= 4 is 0 Å². The van der Waals surface area contributed by atoms with Crippen LogP contribution in [-0.2, 0) is 14.2 Å². The number of rotatable bonds is 5. The highest BCUT2D eigenvalue weighted by Gasteiger charge is 2.56. The Bertz CT molecular complexity index is 269. The molecule has 0 aliphatic carbocycles. The monoisotopic (exact) mass is 227 g/mol. The maximum absolute atomic E-state index is 5.88. The molecular formula is C12H21NO3. The molecule has 92 valence electrons. The first-order valence-corrected chi connectivity index (χ1v) is 6.36. The first-order valence-electron chi connectivity index (χ1n) is 6.36. The van der Waals surface area contributed by atoms with Gasteiger partial charge < -0.3 is 19.5 Å². The van der Waals surface area contributed by atoms with Gasteiger partial charge in [0.1, 0.15) is 5.60 Å². The molecule has 0 radical (unpaired) electrons. The summed E-state index contributed by atoms with van der Waals surface area (Å²) in [5.41, 5.74) is -0.195. The van der Waals surface area contributed by atoms with Crippen LogP contribution in [0.1, 0.15) is 33.1 Å². The van der Waals surface area contributed by atoms with E-state index in [1.807, 2.05) is 0 Å². The first-order chi connectivity index (χ1) is 7.65. The van der Waals surface area contributed by atoms with E-state index in [0.717, 1.165) is 24.8 Å². The van der Waals surface area contributed by atoms with Crippen molar-refractivity contribution in [3.05, 3.63) is 0 Å². The fraction of sp³-hybridized carbons (Fsp3) is 1.00. The number of nitrogens with one attached hydrogen (secondary N) is 1. The number of fused-ring (bicyclic) bond motifs is 2. The second kappa shape index (κ2) is 3.67. The zero-order chi connectivity index (χ0) is 11.2. The Morgan fingerprint density at radius 3 is 2.50 bits per heavy atom. The third kappa shape index (κ3) is 1.88. The van der Waals surface area contributed by atoms with Gasteiger partial charge >= 0.3 is 0 Å². The summed E-state index contributed by atoms with van der Waals surface area (Å²) in [7, 11) is 0. The van der Waals surface area contributed by atoms with Crippen molar-refractivity contribution in [1.82, 2.24) is 5.32 Å². The molecule has 3 fully saturated rings. The van der Waals surface area contributed by atoms with E-state index in [9.17, 15) is 0 Å². The van der Waals surface area contributed by atoms with Gasteiger partial charge in [-0.2, -0.15) is 0 Å². The highest BCUT2D eigenvalue weighted by Crippen LogP contribution is 2.43. The van der Waals surface area contributed by atoms with Gasteiger partial charge in [-0.3, -0.25) is 0 Å². The van der Waals surface area contributed by atoms with E-state index in [2.05, 4.69) is 19.2 Å². The van der Waals surface area contributed by atoms with Gasteiger partial charge in [0.2, 0.25) is 0 Å². The molecule has 1 N–H and O–H groups in total. The maximum Gasteiger partial charge on any atom is 0.283 e. The minimum atomic E-state index is -0.711. The fourth-order valence-electron chi connectivity index (χ4n) is 2.75. The van der Waals surface area contributed by atoms with Crippen LogP contribution in [0.2, 0.25) is 0 Å². The second-order valence-electron chi connectivity index (χ2n) is 5.53. The van der Waals surface area contributed by atoms with Crippen LogP contribution >= 0.6 is 0 Å². The molecule has 2 unspecified atom stereocenters. The zero-order valence-corrected chi connectivity index (χ0v) is 10.1. The molecule has 0 amide bonds. The van der Waals surface area contributed by atoms with E-state index in [0.29, 0.717) is 13.2 Å². The first kappa shape index (κ1) is 11.0. The predicted molar refractivity (Wildman–Crippen MR) is 58.9 cm³/mol. The molecule has 0 saturated carbocycles. The summed E-state index contributed by atoms with van der Waals surface area (Å²) in [6.45, 7) is 6.82. The Kier molecular flexibility index (Phi) is 2.51. The molecule has 3 aliphatic heterocycles. The summed E-state index contributed by atoms with van der Waals surface area (Å²) in [4.78, 5) is 0. The van der Waals surface area contributed by atoms with Crippen LogP contribution in [0.5, 0.6) is 0 Å². The van der Waals surface area contributed by atoms with Gasteiger partial charge in [-0.1, -0.05) is 13.3 Å². The van der Waals surface area contributed by atoms with Gasteiger partial charge in [-0.05, 0) is 19.3 Å². The molecular weight excluding hydrogens is 206 g/mol. The van der Waals surface area contributed by atoms with Crippen LogP contribution in [0, 0.1) is 5.92 Å². The predicted octanol–water partition coefficient (Wildman–Crippen LogP) is 1.25. The topological polar surface area (TPSA) is 49.6 Å². The smallest absolute Gasteiger partial charge is 0.283 e. The highest BCUT2D eigenvalue weighted by molar-refractivity contribution is 4.93. The molecule has 2 bridgehead atoms. The molecule has 0 aromatic rings. The van der Waals surface area contributed by atoms with Crippen molar-refractivity contribution in [3.63, 3.8) is 0 Å². The van der Waals surface area contributed by atoms with E-state index in [4.69, 9.17) is 14.2 Å². The van der Waals surface area contributed by atoms with Crippen molar-refractivity contribution in [1.29, 1.82) is 0 Å². The largest absolute Gasteiger partial charge is 0.324 e. The van der Waals surface area contributed by atoms with Gasteiger partial charge in [0.25, 0.3) is 5.97 Å². The van der Waals surface area contributed by atoms with Crippen molar-refractivity contribution in [3.8, 4) is 0 Å². The Balaban J connectivity index is 1.55. The highest BCUT2D eigenvalue weighted by atomic mass is 16.9. The van der Waals surface area contributed by atoms with Crippen LogP contribution in [-0.4, -0.2) is 37.4 Å². The van der Waals surface area contributed by atoms with Gasteiger partial charge in [0.15, 0.2) is 0 Å². The van der Waals surface area contributed by atoms with Crippen LogP contribution in [0.25, 0.3) is 0 Å². The van der Waals surface area contributed by atoms with Crippen molar-refractivity contribution in [2.24, 2.45) is 5.92 Å². The SMILES string of the molecule is CCC(CCC12OCC(C)(CO1)O2)C1CN1. The van der Waals surface area contributed by atoms with Crippen molar-refractivity contribution in [2.45, 2.75) is 50.7 Å². The lowest BCUT2D eigenvalue weighted by molar-refractivity contribution is -0.303. The normalized spacial score (nSPS) is 47.2. The molecule has 3 heterocycles. The van der Waals surface area contributed by atoms with Crippen LogP contribution in [0.15, 0.2) is 0 Å². The van der Waals surface area contributed by atoms with Crippen molar-refractivity contribution in [2.75, 3.05) is 19.8 Å². The van der Waals surface area contributed by atoms with Crippen molar-refractivity contribution < 1.29 is 14.2 Å². The second-order valence-corrected chi connectivity index (χ2v) is 5.53. The lowest BCUT2D eigenvalue weighted by Gasteiger charge is -2.25. The Labute approximate surface area is 96.6 Å². The van der Waals surface area contributed by atoms with Crippen LogP contribution in [0.3, 0.4) is 0 Å². The van der Waals surface area contributed by atoms with E-state index in [1.54, 1.807) is 0 Å². The minimum Gasteiger partial charge on any atom is -0.324 e. The average Bonchev–Trinajstić information content (AvgIpc) is 2.98. The molecule has 0 spiro atoms. The molecule has 3 saturated heterocycles. The molecule has 4 heteroatoms. The fourth-order valence-corrected chi connectivity index (χ4v) is 2.75. The van der Waals surface area contributed by atoms with E-state index >= 15 is 0 Å². The van der Waals surface area contributed by atoms with Gasteiger partial charge in [0.05, 0.1) is 13.2 Å². The minimum absolute atomic E-state index is 0.195. The average molecular weight is 227 g/mol. The van der Waals surface area contributed by atoms with Crippen LogP contribution < -0.4 is 5.32 Å². The van der Waals surface area contributed by atoms with E-state index < -0.39 is 5.97 Å². The number of ether oxygens (including phenoxy) is 3. The molecule has 3 rings (SSSR count). The number of hydrogen-bond donors (Lipinski definition) is 1. The zero-order valence-electron chi connectivity index (χ0n) is 10.1. The standard InChI is InChI=1S/C12H21NO3/c1-3-9(10-6-13-10)4-5-12-14-7-11(2,16-12)8-15-12/h9-10,13H,3-8H2,1-2H3. The van der Waals surface area contributed by atoms with E-state index in [-0.39, 0.29) is 5.60 Å². The summed E-state index contributed by atoms with van der Waals surface area (Å²) in [5, 5.41) is 3.39.